The van der Waals surface area contributed by atoms with Crippen LogP contribution in [0.3, 0.4) is 0 Å². The summed E-state index contributed by atoms with van der Waals surface area (Å²) in [7, 11) is 1.95. The molecule has 5 rings (SSSR count). The van der Waals surface area contributed by atoms with E-state index in [-0.39, 0.29) is 36.3 Å². The number of amides is 2. The van der Waals surface area contributed by atoms with Crippen molar-refractivity contribution in [1.82, 2.24) is 10.3 Å². The van der Waals surface area contributed by atoms with E-state index < -0.39 is 0 Å². The Morgan fingerprint density at radius 2 is 2.00 bits per heavy atom. The fourth-order valence-corrected chi connectivity index (χ4v) is 4.49. The molecule has 0 aromatic heterocycles. The molecule has 0 radical (unpaired) electrons. The molecule has 1 N–H and O–H groups in total. The van der Waals surface area contributed by atoms with Gasteiger partial charge < -0.3 is 19.4 Å². The number of likely N-dealkylation sites (tertiary alicyclic amines) is 1. The van der Waals surface area contributed by atoms with Crippen LogP contribution in [0.15, 0.2) is 41.5 Å². The molecule has 1 fully saturated rings. The smallest absolute Gasteiger partial charge is 0.260 e. The van der Waals surface area contributed by atoms with E-state index in [0.717, 1.165) is 5.69 Å². The van der Waals surface area contributed by atoms with Gasteiger partial charge in [-0.15, -0.1) is 0 Å². The molecule has 1 saturated heterocycles. The molecule has 2 aromatic rings. The zero-order chi connectivity index (χ0) is 22.6. The normalized spacial score (nSPS) is 18.5. The first-order chi connectivity index (χ1) is 15.3. The molecule has 3 aliphatic heterocycles. The zero-order valence-electron chi connectivity index (χ0n) is 18.2. The number of hydrazone groups is 1. The lowest BCUT2D eigenvalue weighted by Crippen LogP contribution is -2.69. The zero-order valence-corrected chi connectivity index (χ0v) is 18.2. The van der Waals surface area contributed by atoms with E-state index in [9.17, 15) is 14.0 Å². The van der Waals surface area contributed by atoms with Gasteiger partial charge in [-0.25, -0.2) is 9.82 Å². The number of fused-ring (bicyclic) bond motifs is 3. The van der Waals surface area contributed by atoms with E-state index in [2.05, 4.69) is 22.4 Å². The summed E-state index contributed by atoms with van der Waals surface area (Å²) in [6, 6.07) is 10.4. The summed E-state index contributed by atoms with van der Waals surface area (Å²) in [5, 5.41) is 4.11. The molecule has 0 aliphatic carbocycles. The van der Waals surface area contributed by atoms with Crippen molar-refractivity contribution >= 4 is 29.0 Å². The number of amidine groups is 1. The van der Waals surface area contributed by atoms with Gasteiger partial charge in [-0.3, -0.25) is 9.59 Å². The molecule has 9 heteroatoms. The molecular formula is C23H24FN5O3. The van der Waals surface area contributed by atoms with Crippen molar-refractivity contribution in [1.29, 1.82) is 0 Å². The maximum atomic E-state index is 14.8. The summed E-state index contributed by atoms with van der Waals surface area (Å²) >= 11 is 0. The Bertz CT molecular complexity index is 1160. The quantitative estimate of drug-likeness (QED) is 0.797. The number of hydrogen-bond acceptors (Lipinski definition) is 6. The number of likely N-dealkylation sites (N-methyl/N-ethyl adjacent to an activating group) is 1. The van der Waals surface area contributed by atoms with E-state index in [1.54, 1.807) is 30.0 Å². The van der Waals surface area contributed by atoms with Gasteiger partial charge in [0.1, 0.15) is 24.7 Å². The Morgan fingerprint density at radius 3 is 2.72 bits per heavy atom. The standard InChI is InChI=1S/C23H24FN5O3/c1-14(30)28-12-23(2,13-28)27(3)18-9-19-20(8-16(18)15-6-4-5-7-17(15)24)32-11-21-25-26-22(31)10-29(19)21/h4-9H,10-13H2,1-3H3,(H,26,31). The van der Waals surface area contributed by atoms with Crippen LogP contribution in [0.25, 0.3) is 11.1 Å². The second kappa shape index (κ2) is 7.22. The molecule has 0 spiro atoms. The molecule has 8 nitrogen and oxygen atoms in total. The van der Waals surface area contributed by atoms with Gasteiger partial charge in [0.15, 0.2) is 5.84 Å². The van der Waals surface area contributed by atoms with Crippen LogP contribution >= 0.6 is 0 Å². The highest BCUT2D eigenvalue weighted by molar-refractivity contribution is 6.08. The summed E-state index contributed by atoms with van der Waals surface area (Å²) in [5.74, 6) is 0.670. The number of carbonyl (C=O) groups excluding carboxylic acids is 2. The third-order valence-corrected chi connectivity index (χ3v) is 6.49. The van der Waals surface area contributed by atoms with Crippen molar-refractivity contribution in [2.75, 3.05) is 43.1 Å². The van der Waals surface area contributed by atoms with Gasteiger partial charge in [0, 0.05) is 43.9 Å². The minimum Gasteiger partial charge on any atom is -0.483 e. The Hall–Kier alpha value is -3.62. The molecule has 0 saturated carbocycles. The number of carbonyl (C=O) groups is 2. The topological polar surface area (TPSA) is 77.5 Å². The molecule has 0 unspecified atom stereocenters. The van der Waals surface area contributed by atoms with Crippen molar-refractivity contribution < 1.29 is 18.7 Å². The number of anilines is 2. The van der Waals surface area contributed by atoms with Crippen LogP contribution in [0.2, 0.25) is 0 Å². The lowest BCUT2D eigenvalue weighted by atomic mass is 9.88. The predicted molar refractivity (Wildman–Crippen MR) is 119 cm³/mol. The molecule has 0 bridgehead atoms. The number of ether oxygens (including phenoxy) is 1. The molecular weight excluding hydrogens is 413 g/mol. The SMILES string of the molecule is CC(=O)N1CC(C)(N(C)c2cc3c(cc2-c2ccccc2F)OCC2=NNC(=O)CN23)C1. The van der Waals surface area contributed by atoms with Crippen LogP contribution in [0, 0.1) is 5.82 Å². The van der Waals surface area contributed by atoms with Gasteiger partial charge in [0.25, 0.3) is 5.91 Å². The Balaban J connectivity index is 1.64. The van der Waals surface area contributed by atoms with E-state index in [4.69, 9.17) is 4.74 Å². The van der Waals surface area contributed by atoms with Gasteiger partial charge >= 0.3 is 0 Å². The first kappa shape index (κ1) is 20.3. The highest BCUT2D eigenvalue weighted by Crippen LogP contribution is 2.45. The molecule has 3 aliphatic rings. The molecule has 0 atom stereocenters. The van der Waals surface area contributed by atoms with Gasteiger partial charge in [0.2, 0.25) is 5.91 Å². The summed E-state index contributed by atoms with van der Waals surface area (Å²) in [6.45, 7) is 5.12. The number of rotatable bonds is 3. The molecule has 166 valence electrons. The van der Waals surface area contributed by atoms with E-state index in [1.807, 2.05) is 24.1 Å². The van der Waals surface area contributed by atoms with Crippen LogP contribution in [-0.4, -0.2) is 61.4 Å². The Morgan fingerprint density at radius 1 is 1.25 bits per heavy atom. The average Bonchev–Trinajstić information content (AvgIpc) is 2.75. The third kappa shape index (κ3) is 3.16. The summed E-state index contributed by atoms with van der Waals surface area (Å²) in [5.41, 5.74) is 4.81. The van der Waals surface area contributed by atoms with Gasteiger partial charge in [-0.2, -0.15) is 5.10 Å². The largest absolute Gasteiger partial charge is 0.483 e. The fraction of sp³-hybridized carbons (Fsp3) is 0.348. The highest BCUT2D eigenvalue weighted by atomic mass is 19.1. The van der Waals surface area contributed by atoms with E-state index in [1.165, 1.54) is 6.07 Å². The lowest BCUT2D eigenvalue weighted by molar-refractivity contribution is -0.135. The number of hydrogen-bond donors (Lipinski definition) is 1. The van der Waals surface area contributed by atoms with Gasteiger partial charge in [0.05, 0.1) is 11.2 Å². The molecule has 32 heavy (non-hydrogen) atoms. The van der Waals surface area contributed by atoms with Crippen molar-refractivity contribution in [2.45, 2.75) is 19.4 Å². The Labute approximate surface area is 185 Å². The maximum Gasteiger partial charge on any atom is 0.260 e. The minimum atomic E-state index is -0.332. The lowest BCUT2D eigenvalue weighted by Gasteiger charge is -2.54. The third-order valence-electron chi connectivity index (χ3n) is 6.49. The van der Waals surface area contributed by atoms with Crippen molar-refractivity contribution in [2.24, 2.45) is 5.10 Å². The first-order valence-electron chi connectivity index (χ1n) is 10.4. The molecule has 3 heterocycles. The van der Waals surface area contributed by atoms with Gasteiger partial charge in [-0.05, 0) is 25.1 Å². The number of nitrogens with one attached hydrogen (secondary N) is 1. The average molecular weight is 437 g/mol. The molecule has 2 amide bonds. The van der Waals surface area contributed by atoms with Crippen molar-refractivity contribution in [3.63, 3.8) is 0 Å². The summed E-state index contributed by atoms with van der Waals surface area (Å²) in [4.78, 5) is 29.5. The van der Waals surface area contributed by atoms with Crippen LogP contribution < -0.4 is 20.0 Å². The molecule has 2 aromatic carbocycles. The summed E-state index contributed by atoms with van der Waals surface area (Å²) < 4.78 is 20.8. The fourth-order valence-electron chi connectivity index (χ4n) is 4.49. The van der Waals surface area contributed by atoms with Crippen LogP contribution in [-0.2, 0) is 9.59 Å². The first-order valence-corrected chi connectivity index (χ1v) is 10.4. The predicted octanol–water partition coefficient (Wildman–Crippen LogP) is 2.19. The van der Waals surface area contributed by atoms with Crippen LogP contribution in [0.4, 0.5) is 15.8 Å². The van der Waals surface area contributed by atoms with E-state index in [0.29, 0.717) is 41.5 Å². The number of benzene rings is 2. The van der Waals surface area contributed by atoms with Crippen molar-refractivity contribution in [3.8, 4) is 16.9 Å². The second-order valence-corrected chi connectivity index (χ2v) is 8.69. The number of nitrogens with zero attached hydrogens (tertiary/aromatic N) is 4. The van der Waals surface area contributed by atoms with Crippen LogP contribution in [0.5, 0.6) is 5.75 Å². The van der Waals surface area contributed by atoms with E-state index >= 15 is 0 Å². The maximum absolute atomic E-state index is 14.8. The summed E-state index contributed by atoms with van der Waals surface area (Å²) in [6.07, 6.45) is 0. The van der Waals surface area contributed by atoms with Gasteiger partial charge in [-0.1, -0.05) is 18.2 Å². The number of halogens is 1. The van der Waals surface area contributed by atoms with Crippen LogP contribution in [0.1, 0.15) is 13.8 Å². The monoisotopic (exact) mass is 437 g/mol. The van der Waals surface area contributed by atoms with Crippen molar-refractivity contribution in [3.05, 3.63) is 42.2 Å². The highest BCUT2D eigenvalue weighted by Gasteiger charge is 2.44. The second-order valence-electron chi connectivity index (χ2n) is 8.69. The Kier molecular flexibility index (Phi) is 4.58. The minimum absolute atomic E-state index is 0.0317.